The number of carboxylic acid groups (broad SMARTS) is 1. The van der Waals surface area contributed by atoms with E-state index in [1.54, 1.807) is 0 Å². The first kappa shape index (κ1) is 8.43. The van der Waals surface area contributed by atoms with Crippen molar-refractivity contribution >= 4 is 22.5 Å². The average Bonchev–Trinajstić information content (AvgIpc) is 2.74. The second kappa shape index (κ2) is 3.29. The maximum Gasteiger partial charge on any atom is 0.359 e. The van der Waals surface area contributed by atoms with E-state index < -0.39 is 5.97 Å². The van der Waals surface area contributed by atoms with Gasteiger partial charge in [-0.15, -0.1) is 5.10 Å². The predicted molar refractivity (Wildman–Crippen MR) is 48.3 cm³/mol. The maximum absolute atomic E-state index is 10.7. The summed E-state index contributed by atoms with van der Waals surface area (Å²) in [4.78, 5) is 12.8. The standard InChI is InChI=1S/C7H9N3O2S/c11-7(12)5-6(13-9-8-5)10-3-1-2-4-10/h1-4H2,(H,11,12). The van der Waals surface area contributed by atoms with Crippen LogP contribution in [-0.4, -0.2) is 33.8 Å². The van der Waals surface area contributed by atoms with Gasteiger partial charge in [-0.3, -0.25) is 0 Å². The molecule has 0 amide bonds. The van der Waals surface area contributed by atoms with Gasteiger partial charge in [0.1, 0.15) is 5.00 Å². The Kier molecular flexibility index (Phi) is 2.13. The van der Waals surface area contributed by atoms with Crippen LogP contribution in [0.3, 0.4) is 0 Å². The fourth-order valence-electron chi connectivity index (χ4n) is 1.45. The minimum absolute atomic E-state index is 0.0897. The van der Waals surface area contributed by atoms with Crippen molar-refractivity contribution in [3.05, 3.63) is 5.69 Å². The van der Waals surface area contributed by atoms with Crippen LogP contribution in [0.5, 0.6) is 0 Å². The highest BCUT2D eigenvalue weighted by Crippen LogP contribution is 2.26. The Bertz CT molecular complexity index is 319. The summed E-state index contributed by atoms with van der Waals surface area (Å²) in [5, 5.41) is 13.1. The first-order valence-electron chi connectivity index (χ1n) is 4.09. The van der Waals surface area contributed by atoms with Crippen LogP contribution in [0.4, 0.5) is 5.00 Å². The molecule has 0 radical (unpaired) electrons. The summed E-state index contributed by atoms with van der Waals surface area (Å²) < 4.78 is 3.66. The van der Waals surface area contributed by atoms with Crippen LogP contribution in [0.25, 0.3) is 0 Å². The number of carbonyl (C=O) groups is 1. The molecule has 1 saturated heterocycles. The zero-order valence-electron chi connectivity index (χ0n) is 6.93. The SMILES string of the molecule is O=C(O)c1nnsc1N1CCCC1. The molecule has 1 N–H and O–H groups in total. The monoisotopic (exact) mass is 199 g/mol. The molecule has 0 bridgehead atoms. The zero-order chi connectivity index (χ0) is 9.26. The summed E-state index contributed by atoms with van der Waals surface area (Å²) in [5.41, 5.74) is 0.0897. The second-order valence-corrected chi connectivity index (χ2v) is 3.66. The molecule has 5 nitrogen and oxygen atoms in total. The van der Waals surface area contributed by atoms with Crippen LogP contribution in [-0.2, 0) is 0 Å². The van der Waals surface area contributed by atoms with E-state index in [9.17, 15) is 4.79 Å². The number of hydrogen-bond acceptors (Lipinski definition) is 5. The van der Waals surface area contributed by atoms with E-state index >= 15 is 0 Å². The van der Waals surface area contributed by atoms with Crippen molar-refractivity contribution in [2.75, 3.05) is 18.0 Å². The van der Waals surface area contributed by atoms with Crippen molar-refractivity contribution in [2.24, 2.45) is 0 Å². The normalized spacial score (nSPS) is 16.5. The molecule has 70 valence electrons. The van der Waals surface area contributed by atoms with Crippen molar-refractivity contribution in [2.45, 2.75) is 12.8 Å². The molecule has 0 spiro atoms. The van der Waals surface area contributed by atoms with E-state index in [0.29, 0.717) is 5.00 Å². The highest BCUT2D eigenvalue weighted by Gasteiger charge is 2.22. The molecular weight excluding hydrogens is 190 g/mol. The van der Waals surface area contributed by atoms with Gasteiger partial charge in [-0.2, -0.15) is 0 Å². The van der Waals surface area contributed by atoms with E-state index in [4.69, 9.17) is 5.11 Å². The maximum atomic E-state index is 10.7. The molecule has 1 aliphatic heterocycles. The van der Waals surface area contributed by atoms with Gasteiger partial charge in [0.05, 0.1) is 0 Å². The van der Waals surface area contributed by atoms with Gasteiger partial charge in [0.2, 0.25) is 5.69 Å². The van der Waals surface area contributed by atoms with Gasteiger partial charge >= 0.3 is 5.97 Å². The van der Waals surface area contributed by atoms with Gasteiger partial charge in [0, 0.05) is 24.6 Å². The minimum Gasteiger partial charge on any atom is -0.476 e. The molecular formula is C7H9N3O2S. The largest absolute Gasteiger partial charge is 0.476 e. The number of anilines is 1. The van der Waals surface area contributed by atoms with Gasteiger partial charge in [-0.1, -0.05) is 4.49 Å². The van der Waals surface area contributed by atoms with Crippen molar-refractivity contribution in [3.8, 4) is 0 Å². The lowest BCUT2D eigenvalue weighted by Crippen LogP contribution is -2.19. The highest BCUT2D eigenvalue weighted by atomic mass is 32.1. The highest BCUT2D eigenvalue weighted by molar-refractivity contribution is 7.10. The Balaban J connectivity index is 2.28. The molecule has 2 rings (SSSR count). The smallest absolute Gasteiger partial charge is 0.359 e. The minimum atomic E-state index is -0.990. The molecule has 0 atom stereocenters. The molecule has 1 aromatic heterocycles. The van der Waals surface area contributed by atoms with Crippen molar-refractivity contribution in [1.82, 2.24) is 9.59 Å². The number of aromatic carboxylic acids is 1. The topological polar surface area (TPSA) is 66.3 Å². The third-order valence-electron chi connectivity index (χ3n) is 2.07. The fourth-order valence-corrected chi connectivity index (χ4v) is 2.16. The summed E-state index contributed by atoms with van der Waals surface area (Å²) in [6.45, 7) is 1.84. The van der Waals surface area contributed by atoms with E-state index in [1.807, 2.05) is 4.90 Å². The molecule has 0 aromatic carbocycles. The summed E-state index contributed by atoms with van der Waals surface area (Å²) >= 11 is 1.16. The van der Waals surface area contributed by atoms with Crippen molar-refractivity contribution in [1.29, 1.82) is 0 Å². The lowest BCUT2D eigenvalue weighted by atomic mass is 10.4. The van der Waals surface area contributed by atoms with Crippen LogP contribution in [0.2, 0.25) is 0 Å². The molecule has 0 aliphatic carbocycles. The number of rotatable bonds is 2. The summed E-state index contributed by atoms with van der Waals surface area (Å²) in [7, 11) is 0. The van der Waals surface area contributed by atoms with Crippen LogP contribution in [0.15, 0.2) is 0 Å². The molecule has 0 unspecified atom stereocenters. The Morgan fingerprint density at radius 2 is 2.15 bits per heavy atom. The van der Waals surface area contributed by atoms with Gasteiger partial charge < -0.3 is 10.0 Å². The van der Waals surface area contributed by atoms with E-state index in [-0.39, 0.29) is 5.69 Å². The van der Waals surface area contributed by atoms with E-state index in [0.717, 1.165) is 37.5 Å². The van der Waals surface area contributed by atoms with Crippen molar-refractivity contribution in [3.63, 3.8) is 0 Å². The lowest BCUT2D eigenvalue weighted by Gasteiger charge is -2.13. The number of aromatic nitrogens is 2. The molecule has 6 heteroatoms. The Morgan fingerprint density at radius 1 is 1.46 bits per heavy atom. The molecule has 1 fully saturated rings. The zero-order valence-corrected chi connectivity index (χ0v) is 7.75. The van der Waals surface area contributed by atoms with Gasteiger partial charge in [-0.05, 0) is 12.8 Å². The third kappa shape index (κ3) is 1.49. The first-order valence-corrected chi connectivity index (χ1v) is 4.87. The lowest BCUT2D eigenvalue weighted by molar-refractivity contribution is 0.0691. The van der Waals surface area contributed by atoms with Crippen LogP contribution >= 0.6 is 11.5 Å². The predicted octanol–water partition coefficient (Wildman–Crippen LogP) is 0.836. The molecule has 13 heavy (non-hydrogen) atoms. The third-order valence-corrected chi connectivity index (χ3v) is 2.85. The second-order valence-electron chi connectivity index (χ2n) is 2.93. The van der Waals surface area contributed by atoms with Gasteiger partial charge in [-0.25, -0.2) is 4.79 Å². The summed E-state index contributed by atoms with van der Waals surface area (Å²) in [6, 6.07) is 0. The summed E-state index contributed by atoms with van der Waals surface area (Å²) in [5.74, 6) is -0.990. The number of nitrogens with zero attached hydrogens (tertiary/aromatic N) is 3. The summed E-state index contributed by atoms with van der Waals surface area (Å²) in [6.07, 6.45) is 2.24. The van der Waals surface area contributed by atoms with E-state index in [1.165, 1.54) is 0 Å². The number of carboxylic acids is 1. The number of hydrogen-bond donors (Lipinski definition) is 1. The van der Waals surface area contributed by atoms with Crippen LogP contribution in [0.1, 0.15) is 23.3 Å². The Labute approximate surface area is 79.2 Å². The van der Waals surface area contributed by atoms with Gasteiger partial charge in [0.15, 0.2) is 0 Å². The first-order chi connectivity index (χ1) is 6.29. The Hall–Kier alpha value is -1.17. The van der Waals surface area contributed by atoms with Crippen molar-refractivity contribution < 1.29 is 9.90 Å². The fraction of sp³-hybridized carbons (Fsp3) is 0.571. The molecule has 1 aromatic rings. The molecule has 2 heterocycles. The van der Waals surface area contributed by atoms with Crippen LogP contribution < -0.4 is 4.90 Å². The average molecular weight is 199 g/mol. The molecule has 1 aliphatic rings. The van der Waals surface area contributed by atoms with E-state index in [2.05, 4.69) is 9.59 Å². The van der Waals surface area contributed by atoms with Gasteiger partial charge in [0.25, 0.3) is 0 Å². The molecule has 0 saturated carbocycles. The Morgan fingerprint density at radius 3 is 2.77 bits per heavy atom. The quantitative estimate of drug-likeness (QED) is 0.764. The van der Waals surface area contributed by atoms with Crippen LogP contribution in [0, 0.1) is 0 Å².